The molecule has 1 aromatic carbocycles. The second kappa shape index (κ2) is 6.62. The molecule has 0 bridgehead atoms. The molecule has 0 aliphatic heterocycles. The van der Waals surface area contributed by atoms with E-state index in [9.17, 15) is 0 Å². The molecule has 2 rings (SSSR count). The molecule has 1 saturated carbocycles. The zero-order valence-corrected chi connectivity index (χ0v) is 13.0. The molecule has 0 radical (unpaired) electrons. The maximum absolute atomic E-state index is 6.44. The second-order valence-electron chi connectivity index (χ2n) is 5.48. The van der Waals surface area contributed by atoms with Crippen molar-refractivity contribution in [3.63, 3.8) is 0 Å². The number of nitrogens with one attached hydrogen (secondary N) is 1. The summed E-state index contributed by atoms with van der Waals surface area (Å²) in [6, 6.07) is 7.52. The molecule has 1 N–H and O–H groups in total. The highest BCUT2D eigenvalue weighted by Gasteiger charge is 2.22. The van der Waals surface area contributed by atoms with Crippen molar-refractivity contribution in [1.82, 2.24) is 5.32 Å². The number of para-hydroxylation sites is 1. The van der Waals surface area contributed by atoms with Gasteiger partial charge in [0.05, 0.1) is 10.7 Å². The summed E-state index contributed by atoms with van der Waals surface area (Å²) in [6.07, 6.45) is 4.93. The smallest absolute Gasteiger partial charge is 0.0642 e. The van der Waals surface area contributed by atoms with Gasteiger partial charge in [-0.1, -0.05) is 37.6 Å². The summed E-state index contributed by atoms with van der Waals surface area (Å²) in [6.45, 7) is 5.40. The minimum atomic E-state index is 0.555. The van der Waals surface area contributed by atoms with Crippen LogP contribution in [0.25, 0.3) is 0 Å². The Hall–Kier alpha value is -0.730. The van der Waals surface area contributed by atoms with Gasteiger partial charge in [0.2, 0.25) is 0 Å². The van der Waals surface area contributed by atoms with Gasteiger partial charge in [-0.25, -0.2) is 0 Å². The van der Waals surface area contributed by atoms with E-state index in [1.54, 1.807) is 0 Å². The standard InChI is InChI=1S/C16H25ClN2/c1-4-14(5-2)19(3)16-12(7-6-8-15(16)17)11-18-13-9-10-13/h6-8,13-14,18H,4-5,9-11H2,1-3H3. The molecule has 1 fully saturated rings. The van der Waals surface area contributed by atoms with Gasteiger partial charge in [0.25, 0.3) is 0 Å². The first-order chi connectivity index (χ1) is 9.17. The van der Waals surface area contributed by atoms with Crippen molar-refractivity contribution in [3.8, 4) is 0 Å². The molecular formula is C16H25ClN2. The Kier molecular flexibility index (Phi) is 5.12. The lowest BCUT2D eigenvalue weighted by molar-refractivity contribution is 0.587. The Bertz CT molecular complexity index is 411. The average Bonchev–Trinajstić information content (AvgIpc) is 3.21. The molecule has 3 heteroatoms. The summed E-state index contributed by atoms with van der Waals surface area (Å²) >= 11 is 6.44. The fourth-order valence-corrected chi connectivity index (χ4v) is 2.99. The van der Waals surface area contributed by atoms with E-state index in [4.69, 9.17) is 11.6 Å². The lowest BCUT2D eigenvalue weighted by Crippen LogP contribution is -2.32. The van der Waals surface area contributed by atoms with Crippen LogP contribution >= 0.6 is 11.6 Å². The summed E-state index contributed by atoms with van der Waals surface area (Å²) < 4.78 is 0. The van der Waals surface area contributed by atoms with E-state index in [2.05, 4.69) is 43.2 Å². The molecule has 0 atom stereocenters. The lowest BCUT2D eigenvalue weighted by Gasteiger charge is -2.31. The Labute approximate surface area is 122 Å². The van der Waals surface area contributed by atoms with Crippen LogP contribution in [0, 0.1) is 0 Å². The summed E-state index contributed by atoms with van der Waals surface area (Å²) in [7, 11) is 2.17. The minimum absolute atomic E-state index is 0.555. The number of nitrogens with zero attached hydrogens (tertiary/aromatic N) is 1. The van der Waals surface area contributed by atoms with E-state index in [1.807, 2.05) is 6.07 Å². The predicted octanol–water partition coefficient (Wildman–Crippen LogP) is 4.22. The maximum Gasteiger partial charge on any atom is 0.0642 e. The van der Waals surface area contributed by atoms with E-state index in [1.165, 1.54) is 24.1 Å². The van der Waals surface area contributed by atoms with Crippen molar-refractivity contribution >= 4 is 17.3 Å². The van der Waals surface area contributed by atoms with E-state index in [0.717, 1.165) is 30.5 Å². The third-order valence-electron chi connectivity index (χ3n) is 4.07. The summed E-state index contributed by atoms with van der Waals surface area (Å²) in [5.41, 5.74) is 2.51. The van der Waals surface area contributed by atoms with Crippen LogP contribution in [0.3, 0.4) is 0 Å². The van der Waals surface area contributed by atoms with E-state index < -0.39 is 0 Å². The molecule has 0 amide bonds. The normalized spacial score (nSPS) is 15.0. The molecule has 0 saturated heterocycles. The number of hydrogen-bond donors (Lipinski definition) is 1. The van der Waals surface area contributed by atoms with Crippen molar-refractivity contribution in [2.75, 3.05) is 11.9 Å². The highest BCUT2D eigenvalue weighted by atomic mass is 35.5. The number of rotatable bonds is 7. The molecule has 106 valence electrons. The predicted molar refractivity (Wildman–Crippen MR) is 84.1 cm³/mol. The summed E-state index contributed by atoms with van der Waals surface area (Å²) in [5, 5.41) is 4.45. The van der Waals surface area contributed by atoms with Crippen LogP contribution in [-0.2, 0) is 6.54 Å². The fourth-order valence-electron chi connectivity index (χ4n) is 2.66. The third-order valence-corrected chi connectivity index (χ3v) is 4.38. The van der Waals surface area contributed by atoms with Crippen molar-refractivity contribution < 1.29 is 0 Å². The number of benzene rings is 1. The number of anilines is 1. The van der Waals surface area contributed by atoms with Crippen LogP contribution in [0.5, 0.6) is 0 Å². The van der Waals surface area contributed by atoms with Crippen molar-refractivity contribution in [1.29, 1.82) is 0 Å². The Balaban J connectivity index is 2.19. The highest BCUT2D eigenvalue weighted by Crippen LogP contribution is 2.32. The van der Waals surface area contributed by atoms with Gasteiger partial charge in [0, 0.05) is 25.7 Å². The first-order valence-electron chi connectivity index (χ1n) is 7.41. The SMILES string of the molecule is CCC(CC)N(C)c1c(Cl)cccc1CNC1CC1. The summed E-state index contributed by atoms with van der Waals surface area (Å²) in [5.74, 6) is 0. The van der Waals surface area contributed by atoms with Crippen LogP contribution in [0.1, 0.15) is 45.1 Å². The third kappa shape index (κ3) is 3.64. The number of halogens is 1. The lowest BCUT2D eigenvalue weighted by atomic mass is 10.1. The van der Waals surface area contributed by atoms with E-state index in [0.29, 0.717) is 6.04 Å². The van der Waals surface area contributed by atoms with Gasteiger partial charge in [-0.05, 0) is 37.3 Å². The van der Waals surface area contributed by atoms with Crippen LogP contribution in [-0.4, -0.2) is 19.1 Å². The van der Waals surface area contributed by atoms with Crippen molar-refractivity contribution in [2.24, 2.45) is 0 Å². The molecular weight excluding hydrogens is 256 g/mol. The summed E-state index contributed by atoms with van der Waals surface area (Å²) in [4.78, 5) is 2.35. The van der Waals surface area contributed by atoms with Crippen LogP contribution in [0.15, 0.2) is 18.2 Å². The van der Waals surface area contributed by atoms with Gasteiger partial charge in [-0.3, -0.25) is 0 Å². The molecule has 19 heavy (non-hydrogen) atoms. The first kappa shape index (κ1) is 14.7. The van der Waals surface area contributed by atoms with Crippen LogP contribution in [0.2, 0.25) is 5.02 Å². The van der Waals surface area contributed by atoms with Gasteiger partial charge in [0.15, 0.2) is 0 Å². The molecule has 1 aromatic rings. The molecule has 0 aromatic heterocycles. The van der Waals surface area contributed by atoms with Crippen molar-refractivity contribution in [2.45, 2.75) is 58.2 Å². The second-order valence-corrected chi connectivity index (χ2v) is 5.89. The number of hydrogen-bond acceptors (Lipinski definition) is 2. The first-order valence-corrected chi connectivity index (χ1v) is 7.78. The fraction of sp³-hybridized carbons (Fsp3) is 0.625. The Morgan fingerprint density at radius 2 is 2.00 bits per heavy atom. The monoisotopic (exact) mass is 280 g/mol. The zero-order chi connectivity index (χ0) is 13.8. The van der Waals surface area contributed by atoms with E-state index in [-0.39, 0.29) is 0 Å². The average molecular weight is 281 g/mol. The quantitative estimate of drug-likeness (QED) is 0.805. The Morgan fingerprint density at radius 1 is 1.32 bits per heavy atom. The van der Waals surface area contributed by atoms with Crippen LogP contribution in [0.4, 0.5) is 5.69 Å². The van der Waals surface area contributed by atoms with Gasteiger partial charge < -0.3 is 10.2 Å². The van der Waals surface area contributed by atoms with Gasteiger partial charge >= 0.3 is 0 Å². The molecule has 1 aliphatic carbocycles. The largest absolute Gasteiger partial charge is 0.370 e. The van der Waals surface area contributed by atoms with Crippen molar-refractivity contribution in [3.05, 3.63) is 28.8 Å². The maximum atomic E-state index is 6.44. The van der Waals surface area contributed by atoms with Crippen LogP contribution < -0.4 is 10.2 Å². The Morgan fingerprint density at radius 3 is 2.58 bits per heavy atom. The molecule has 0 heterocycles. The van der Waals surface area contributed by atoms with Gasteiger partial charge in [0.1, 0.15) is 0 Å². The molecule has 2 nitrogen and oxygen atoms in total. The topological polar surface area (TPSA) is 15.3 Å². The van der Waals surface area contributed by atoms with Gasteiger partial charge in [-0.2, -0.15) is 0 Å². The highest BCUT2D eigenvalue weighted by molar-refractivity contribution is 6.33. The molecule has 1 aliphatic rings. The van der Waals surface area contributed by atoms with Gasteiger partial charge in [-0.15, -0.1) is 0 Å². The zero-order valence-electron chi connectivity index (χ0n) is 12.2. The molecule has 0 unspecified atom stereocenters. The minimum Gasteiger partial charge on any atom is -0.370 e. The van der Waals surface area contributed by atoms with E-state index >= 15 is 0 Å². The molecule has 0 spiro atoms.